The Morgan fingerprint density at radius 2 is 2.00 bits per heavy atom. The van der Waals surface area contributed by atoms with Gasteiger partial charge in [-0.1, -0.05) is 0 Å². The molecule has 0 saturated heterocycles. The Morgan fingerprint density at radius 3 is 2.52 bits per heavy atom. The summed E-state index contributed by atoms with van der Waals surface area (Å²) in [6, 6.07) is 2.29. The first-order chi connectivity index (χ1) is 11.5. The van der Waals surface area contributed by atoms with Gasteiger partial charge in [-0.2, -0.15) is 8.78 Å². The molecule has 0 fully saturated rings. The third-order valence-corrected chi connectivity index (χ3v) is 2.72. The zero-order valence-corrected chi connectivity index (χ0v) is 14.0. The van der Waals surface area contributed by atoms with Crippen LogP contribution in [0, 0.1) is 0 Å². The Balaban J connectivity index is 2.73. The summed E-state index contributed by atoms with van der Waals surface area (Å²) in [5.74, 6) is -1.53. The molecule has 1 aromatic rings. The van der Waals surface area contributed by atoms with Crippen molar-refractivity contribution in [2.75, 3.05) is 12.3 Å². The Bertz CT molecular complexity index is 580. The number of alkyl halides is 2. The van der Waals surface area contributed by atoms with Crippen molar-refractivity contribution in [3.63, 3.8) is 0 Å². The Hall–Kier alpha value is -2.17. The minimum Gasteiger partial charge on any atom is -0.489 e. The van der Waals surface area contributed by atoms with Crippen molar-refractivity contribution in [2.24, 2.45) is 0 Å². The number of aliphatic carboxylic acids is 1. The number of carbonyl (C=O) groups is 1. The third kappa shape index (κ3) is 7.96. The smallest absolute Gasteiger partial charge is 0.387 e. The first-order valence-corrected chi connectivity index (χ1v) is 7.30. The number of hydrogen-bond acceptors (Lipinski definition) is 7. The molecule has 0 aliphatic carbocycles. The van der Waals surface area contributed by atoms with Gasteiger partial charge in [0.25, 0.3) is 0 Å². The van der Waals surface area contributed by atoms with Crippen LogP contribution in [0.2, 0.25) is 0 Å². The molecule has 5 N–H and O–H groups in total. The highest BCUT2D eigenvalue weighted by Gasteiger charge is 2.25. The quantitative estimate of drug-likeness (QED) is 0.383. The SMILES string of the molecule is CC(C)(C)OC(O)N[C@@H](COc1cc(OC(F)F)ccc1N)C(=O)O. The van der Waals surface area contributed by atoms with E-state index in [4.69, 9.17) is 15.2 Å². The molecule has 0 saturated carbocycles. The van der Waals surface area contributed by atoms with Crippen molar-refractivity contribution in [3.8, 4) is 11.5 Å². The van der Waals surface area contributed by atoms with Crippen LogP contribution in [0.4, 0.5) is 14.5 Å². The number of carboxylic acid groups (broad SMARTS) is 1. The van der Waals surface area contributed by atoms with Crippen LogP contribution in [-0.2, 0) is 9.53 Å². The van der Waals surface area contributed by atoms with Crippen molar-refractivity contribution >= 4 is 11.7 Å². The molecule has 0 aromatic heterocycles. The van der Waals surface area contributed by atoms with Gasteiger partial charge >= 0.3 is 12.6 Å². The molecule has 25 heavy (non-hydrogen) atoms. The molecule has 0 spiro atoms. The van der Waals surface area contributed by atoms with Gasteiger partial charge in [0, 0.05) is 6.07 Å². The number of nitrogens with one attached hydrogen (secondary N) is 1. The molecule has 1 unspecified atom stereocenters. The van der Waals surface area contributed by atoms with E-state index in [0.29, 0.717) is 0 Å². The normalized spacial score (nSPS) is 14.2. The molecule has 142 valence electrons. The average molecular weight is 364 g/mol. The number of ether oxygens (including phenoxy) is 3. The van der Waals surface area contributed by atoms with Crippen molar-refractivity contribution in [2.45, 2.75) is 45.4 Å². The second-order valence-electron chi connectivity index (χ2n) is 6.03. The van der Waals surface area contributed by atoms with E-state index < -0.39 is 37.2 Å². The van der Waals surface area contributed by atoms with Gasteiger partial charge in [-0.25, -0.2) is 0 Å². The number of nitrogen functional groups attached to an aromatic ring is 1. The molecule has 1 aromatic carbocycles. The van der Waals surface area contributed by atoms with Gasteiger partial charge in [-0.3, -0.25) is 10.1 Å². The van der Waals surface area contributed by atoms with E-state index in [9.17, 15) is 23.8 Å². The van der Waals surface area contributed by atoms with Gasteiger partial charge in [0.2, 0.25) is 6.41 Å². The fraction of sp³-hybridized carbons (Fsp3) is 0.533. The highest BCUT2D eigenvalue weighted by Crippen LogP contribution is 2.28. The van der Waals surface area contributed by atoms with E-state index in [1.807, 2.05) is 0 Å². The molecular formula is C15H22F2N2O6. The molecule has 1 rings (SSSR count). The maximum atomic E-state index is 12.2. The van der Waals surface area contributed by atoms with E-state index in [1.54, 1.807) is 20.8 Å². The van der Waals surface area contributed by atoms with Gasteiger partial charge in [0.05, 0.1) is 11.3 Å². The zero-order chi connectivity index (χ0) is 19.2. The summed E-state index contributed by atoms with van der Waals surface area (Å²) in [5.41, 5.74) is 5.06. The summed E-state index contributed by atoms with van der Waals surface area (Å²) >= 11 is 0. The van der Waals surface area contributed by atoms with Crippen molar-refractivity contribution in [3.05, 3.63) is 18.2 Å². The third-order valence-electron chi connectivity index (χ3n) is 2.72. The Labute approximate surface area is 143 Å². The lowest BCUT2D eigenvalue weighted by Crippen LogP contribution is -2.49. The predicted octanol–water partition coefficient (Wildman–Crippen LogP) is 1.38. The lowest BCUT2D eigenvalue weighted by Gasteiger charge is -2.26. The second kappa shape index (κ2) is 8.79. The topological polar surface area (TPSA) is 123 Å². The Kier molecular flexibility index (Phi) is 7.34. The number of aliphatic hydroxyl groups excluding tert-OH is 1. The number of carboxylic acids is 1. The van der Waals surface area contributed by atoms with Crippen LogP contribution in [0.25, 0.3) is 0 Å². The summed E-state index contributed by atoms with van der Waals surface area (Å²) in [7, 11) is 0. The molecule has 0 aliphatic heterocycles. The lowest BCUT2D eigenvalue weighted by molar-refractivity contribution is -0.190. The first-order valence-electron chi connectivity index (χ1n) is 7.30. The van der Waals surface area contributed by atoms with Crippen molar-refractivity contribution in [1.82, 2.24) is 5.32 Å². The van der Waals surface area contributed by atoms with E-state index in [0.717, 1.165) is 6.07 Å². The minimum atomic E-state index is -3.02. The number of anilines is 1. The first kappa shape index (κ1) is 20.9. The monoisotopic (exact) mass is 364 g/mol. The van der Waals surface area contributed by atoms with Gasteiger partial charge in [-0.15, -0.1) is 0 Å². The highest BCUT2D eigenvalue weighted by atomic mass is 19.3. The van der Waals surface area contributed by atoms with Crippen LogP contribution in [0.3, 0.4) is 0 Å². The lowest BCUT2D eigenvalue weighted by atomic mass is 10.2. The highest BCUT2D eigenvalue weighted by molar-refractivity contribution is 5.73. The molecular weight excluding hydrogens is 342 g/mol. The minimum absolute atomic E-state index is 0.0302. The fourth-order valence-corrected chi connectivity index (χ4v) is 1.72. The molecule has 0 heterocycles. The molecule has 8 nitrogen and oxygen atoms in total. The fourth-order valence-electron chi connectivity index (χ4n) is 1.72. The second-order valence-corrected chi connectivity index (χ2v) is 6.03. The largest absolute Gasteiger partial charge is 0.489 e. The molecule has 0 amide bonds. The number of benzene rings is 1. The van der Waals surface area contributed by atoms with Crippen LogP contribution in [0.15, 0.2) is 18.2 Å². The zero-order valence-electron chi connectivity index (χ0n) is 14.0. The summed E-state index contributed by atoms with van der Waals surface area (Å²) < 4.78 is 39.1. The van der Waals surface area contributed by atoms with E-state index in [1.165, 1.54) is 12.1 Å². The van der Waals surface area contributed by atoms with Crippen LogP contribution in [0.1, 0.15) is 20.8 Å². The predicted molar refractivity (Wildman–Crippen MR) is 84.4 cm³/mol. The molecule has 10 heteroatoms. The summed E-state index contributed by atoms with van der Waals surface area (Å²) in [6.07, 6.45) is -1.55. The molecule has 2 atom stereocenters. The number of halogens is 2. The molecule has 0 radical (unpaired) electrons. The van der Waals surface area contributed by atoms with Gasteiger partial charge < -0.3 is 30.2 Å². The standard InChI is InChI=1S/C15H22F2N2O6/c1-15(2,3)25-14(22)19-10(12(20)21)7-23-11-6-8(24-13(16)17)4-5-9(11)18/h4-6,10,13-14,19,22H,7,18H2,1-3H3,(H,20,21)/t10-,14?/m0/s1. The average Bonchev–Trinajstić information content (AvgIpc) is 2.43. The summed E-state index contributed by atoms with van der Waals surface area (Å²) in [5, 5.41) is 21.2. The van der Waals surface area contributed by atoms with Crippen LogP contribution in [0.5, 0.6) is 11.5 Å². The maximum Gasteiger partial charge on any atom is 0.387 e. The number of rotatable bonds is 9. The van der Waals surface area contributed by atoms with Gasteiger partial charge in [-0.05, 0) is 32.9 Å². The summed E-state index contributed by atoms with van der Waals surface area (Å²) in [4.78, 5) is 11.3. The number of nitrogens with two attached hydrogens (primary N) is 1. The van der Waals surface area contributed by atoms with E-state index >= 15 is 0 Å². The van der Waals surface area contributed by atoms with Crippen molar-refractivity contribution in [1.29, 1.82) is 0 Å². The van der Waals surface area contributed by atoms with Crippen LogP contribution < -0.4 is 20.5 Å². The van der Waals surface area contributed by atoms with Crippen molar-refractivity contribution < 1.29 is 38.0 Å². The van der Waals surface area contributed by atoms with E-state index in [-0.39, 0.29) is 17.2 Å². The number of hydrogen-bond donors (Lipinski definition) is 4. The van der Waals surface area contributed by atoms with E-state index in [2.05, 4.69) is 10.1 Å². The van der Waals surface area contributed by atoms with Gasteiger partial charge in [0.15, 0.2) is 0 Å². The Morgan fingerprint density at radius 1 is 1.36 bits per heavy atom. The van der Waals surface area contributed by atoms with Crippen LogP contribution in [-0.4, -0.2) is 47.5 Å². The summed E-state index contributed by atoms with van der Waals surface area (Å²) in [6.45, 7) is 1.58. The molecule has 0 aliphatic rings. The molecule has 0 bridgehead atoms. The number of aliphatic hydroxyl groups is 1. The maximum absolute atomic E-state index is 12.2. The van der Waals surface area contributed by atoms with Gasteiger partial charge in [0.1, 0.15) is 24.1 Å². The van der Waals surface area contributed by atoms with Crippen LogP contribution >= 0.6 is 0 Å².